The predicted octanol–water partition coefficient (Wildman–Crippen LogP) is 3.60. The summed E-state index contributed by atoms with van der Waals surface area (Å²) in [6, 6.07) is 12.8. The summed E-state index contributed by atoms with van der Waals surface area (Å²) in [5, 5.41) is 9.43. The summed E-state index contributed by atoms with van der Waals surface area (Å²) < 4.78 is 1.42. The molecule has 1 aromatic carbocycles. The average molecular weight is 489 g/mol. The van der Waals surface area contributed by atoms with Crippen molar-refractivity contribution in [2.75, 3.05) is 16.8 Å². The number of thiophene rings is 1. The topological polar surface area (TPSA) is 113 Å². The van der Waals surface area contributed by atoms with Gasteiger partial charge in [-0.05, 0) is 55.5 Å². The summed E-state index contributed by atoms with van der Waals surface area (Å²) in [6.07, 6.45) is 0.115. The number of aryl methyl sites for hydroxylation is 3. The predicted molar refractivity (Wildman–Crippen MR) is 135 cm³/mol. The number of hydrogen-bond donors (Lipinski definition) is 2. The first-order valence-corrected chi connectivity index (χ1v) is 12.1. The zero-order valence-electron chi connectivity index (χ0n) is 19.5. The van der Waals surface area contributed by atoms with Gasteiger partial charge >= 0.3 is 0 Å². The number of nitrogens with zero attached hydrogens (tertiary/aromatic N) is 4. The molecule has 4 aromatic rings. The molecule has 1 atom stereocenters. The molecule has 0 aliphatic carbocycles. The third kappa shape index (κ3) is 4.52. The minimum atomic E-state index is -0.526. The van der Waals surface area contributed by atoms with Gasteiger partial charge in [0.2, 0.25) is 17.8 Å². The Bertz CT molecular complexity index is 1490. The van der Waals surface area contributed by atoms with Gasteiger partial charge in [-0.25, -0.2) is 4.98 Å². The van der Waals surface area contributed by atoms with E-state index < -0.39 is 5.92 Å². The molecule has 1 saturated heterocycles. The normalized spacial score (nSPS) is 15.6. The van der Waals surface area contributed by atoms with E-state index in [0.29, 0.717) is 23.8 Å². The molecule has 1 aliphatic heterocycles. The summed E-state index contributed by atoms with van der Waals surface area (Å²) in [6.45, 7) is 6.02. The minimum absolute atomic E-state index is 0.0918. The lowest BCUT2D eigenvalue weighted by atomic mass is 10.1. The number of rotatable bonds is 5. The quantitative estimate of drug-likeness (QED) is 0.446. The van der Waals surface area contributed by atoms with Gasteiger partial charge in [-0.15, -0.1) is 11.3 Å². The van der Waals surface area contributed by atoms with Crippen molar-refractivity contribution in [3.05, 3.63) is 75.0 Å². The average Bonchev–Trinajstić information content (AvgIpc) is 3.55. The lowest BCUT2D eigenvalue weighted by Gasteiger charge is -2.18. The number of nitrogens with one attached hydrogen (secondary N) is 2. The lowest BCUT2D eigenvalue weighted by Crippen LogP contribution is -2.29. The van der Waals surface area contributed by atoms with Crippen LogP contribution in [0.1, 0.15) is 23.2 Å². The highest BCUT2D eigenvalue weighted by Gasteiger charge is 2.35. The fourth-order valence-corrected chi connectivity index (χ4v) is 4.78. The summed E-state index contributed by atoms with van der Waals surface area (Å²) in [7, 11) is 0. The number of amides is 2. The Hall–Kier alpha value is -4.05. The minimum Gasteiger partial charge on any atom is -0.312 e. The van der Waals surface area contributed by atoms with Crippen molar-refractivity contribution in [1.29, 1.82) is 0 Å². The number of benzene rings is 1. The van der Waals surface area contributed by atoms with Gasteiger partial charge in [0, 0.05) is 36.5 Å². The standard InChI is InChI=1S/C25H24N6O3S/c1-14-6-7-18(9-15(14)2)30-13-17(11-23(30)33)24(34)27-21-12-19(20-5-4-8-35-20)29-31(21)25-26-16(3)10-22(32)28-25/h4-10,12,17H,11,13H2,1-3H3,(H,27,34)(H,26,28,32). The number of hydrogen-bond acceptors (Lipinski definition) is 6. The smallest absolute Gasteiger partial charge is 0.252 e. The summed E-state index contributed by atoms with van der Waals surface area (Å²) in [4.78, 5) is 47.7. The molecular formula is C25H24N6O3S. The maximum Gasteiger partial charge on any atom is 0.252 e. The van der Waals surface area contributed by atoms with Gasteiger partial charge in [0.05, 0.1) is 10.8 Å². The molecular weight excluding hydrogens is 464 g/mol. The van der Waals surface area contributed by atoms with Crippen LogP contribution < -0.4 is 15.8 Å². The molecule has 2 amide bonds. The number of aromatic nitrogens is 4. The van der Waals surface area contributed by atoms with Crippen LogP contribution in [0.5, 0.6) is 0 Å². The third-order valence-electron chi connectivity index (χ3n) is 6.09. The second-order valence-corrected chi connectivity index (χ2v) is 9.63. The van der Waals surface area contributed by atoms with Crippen LogP contribution in [0.3, 0.4) is 0 Å². The van der Waals surface area contributed by atoms with Gasteiger partial charge in [0.1, 0.15) is 11.5 Å². The second-order valence-electron chi connectivity index (χ2n) is 8.68. The molecule has 3 aromatic heterocycles. The first kappa shape index (κ1) is 22.7. The Labute approximate surface area is 205 Å². The Morgan fingerprint density at radius 2 is 1.94 bits per heavy atom. The van der Waals surface area contributed by atoms with E-state index in [2.05, 4.69) is 20.4 Å². The van der Waals surface area contributed by atoms with E-state index in [-0.39, 0.29) is 29.7 Å². The van der Waals surface area contributed by atoms with Gasteiger partial charge in [0.15, 0.2) is 0 Å². The van der Waals surface area contributed by atoms with Gasteiger partial charge in [0.25, 0.3) is 5.56 Å². The van der Waals surface area contributed by atoms with Gasteiger partial charge in [-0.2, -0.15) is 9.78 Å². The highest BCUT2D eigenvalue weighted by molar-refractivity contribution is 7.13. The monoisotopic (exact) mass is 488 g/mol. The Morgan fingerprint density at radius 1 is 1.11 bits per heavy atom. The highest BCUT2D eigenvalue weighted by Crippen LogP contribution is 2.30. The molecule has 35 heavy (non-hydrogen) atoms. The first-order valence-electron chi connectivity index (χ1n) is 11.2. The zero-order valence-corrected chi connectivity index (χ0v) is 20.3. The van der Waals surface area contributed by atoms with E-state index in [1.54, 1.807) is 17.9 Å². The van der Waals surface area contributed by atoms with E-state index in [1.807, 2.05) is 49.6 Å². The lowest BCUT2D eigenvalue weighted by molar-refractivity contribution is -0.122. The van der Waals surface area contributed by atoms with Crippen molar-refractivity contribution in [3.63, 3.8) is 0 Å². The van der Waals surface area contributed by atoms with Crippen molar-refractivity contribution in [3.8, 4) is 16.5 Å². The number of carbonyl (C=O) groups is 2. The largest absolute Gasteiger partial charge is 0.312 e. The summed E-state index contributed by atoms with van der Waals surface area (Å²) in [5.74, 6) is -0.344. The van der Waals surface area contributed by atoms with Crippen LogP contribution in [0.25, 0.3) is 16.5 Å². The highest BCUT2D eigenvalue weighted by atomic mass is 32.1. The summed E-state index contributed by atoms with van der Waals surface area (Å²) >= 11 is 1.51. The molecule has 1 fully saturated rings. The van der Waals surface area contributed by atoms with E-state index in [1.165, 1.54) is 22.1 Å². The molecule has 0 bridgehead atoms. The van der Waals surface area contributed by atoms with E-state index in [4.69, 9.17) is 0 Å². The molecule has 9 nitrogen and oxygen atoms in total. The Kier molecular flexibility index (Phi) is 5.81. The molecule has 2 N–H and O–H groups in total. The van der Waals surface area contributed by atoms with Crippen LogP contribution in [0.2, 0.25) is 0 Å². The molecule has 4 heterocycles. The Balaban J connectivity index is 1.43. The number of carbonyl (C=O) groups excluding carboxylic acids is 2. The maximum atomic E-state index is 13.3. The van der Waals surface area contributed by atoms with Crippen LogP contribution in [-0.2, 0) is 9.59 Å². The molecule has 0 saturated carbocycles. The molecule has 1 aliphatic rings. The fourth-order valence-electron chi connectivity index (χ4n) is 4.09. The fraction of sp³-hybridized carbons (Fsp3) is 0.240. The van der Waals surface area contributed by atoms with E-state index in [0.717, 1.165) is 21.7 Å². The van der Waals surface area contributed by atoms with E-state index >= 15 is 0 Å². The van der Waals surface area contributed by atoms with Gasteiger partial charge < -0.3 is 10.2 Å². The van der Waals surface area contributed by atoms with Crippen LogP contribution in [0.4, 0.5) is 11.5 Å². The van der Waals surface area contributed by atoms with Gasteiger partial charge in [-0.3, -0.25) is 19.4 Å². The first-order chi connectivity index (χ1) is 16.8. The molecule has 178 valence electrons. The molecule has 0 spiro atoms. The van der Waals surface area contributed by atoms with Crippen molar-refractivity contribution in [1.82, 2.24) is 19.7 Å². The van der Waals surface area contributed by atoms with Crippen LogP contribution >= 0.6 is 11.3 Å². The second kappa shape index (κ2) is 8.95. The van der Waals surface area contributed by atoms with Crippen molar-refractivity contribution in [2.24, 2.45) is 5.92 Å². The van der Waals surface area contributed by atoms with Crippen LogP contribution in [-0.4, -0.2) is 38.1 Å². The molecule has 10 heteroatoms. The van der Waals surface area contributed by atoms with Crippen LogP contribution in [0.15, 0.2) is 52.6 Å². The molecule has 0 radical (unpaired) electrons. The zero-order chi connectivity index (χ0) is 24.7. The maximum absolute atomic E-state index is 13.3. The summed E-state index contributed by atoms with van der Waals surface area (Å²) in [5.41, 5.74) is 3.88. The SMILES string of the molecule is Cc1cc(=O)[nH]c(-n2nc(-c3cccs3)cc2NC(=O)C2CC(=O)N(c3ccc(C)c(C)c3)C2)n1. The van der Waals surface area contributed by atoms with Crippen molar-refractivity contribution in [2.45, 2.75) is 27.2 Å². The number of anilines is 2. The van der Waals surface area contributed by atoms with Crippen molar-refractivity contribution >= 4 is 34.7 Å². The van der Waals surface area contributed by atoms with Crippen LogP contribution in [0, 0.1) is 26.7 Å². The molecule has 1 unspecified atom stereocenters. The number of aromatic amines is 1. The Morgan fingerprint density at radius 3 is 2.66 bits per heavy atom. The van der Waals surface area contributed by atoms with E-state index in [9.17, 15) is 14.4 Å². The number of H-pyrrole nitrogens is 1. The third-order valence-corrected chi connectivity index (χ3v) is 6.98. The van der Waals surface area contributed by atoms with Gasteiger partial charge in [-0.1, -0.05) is 12.1 Å². The molecule has 5 rings (SSSR count). The van der Waals surface area contributed by atoms with Crippen molar-refractivity contribution < 1.29 is 9.59 Å².